The maximum absolute atomic E-state index is 12.4. The number of rotatable bonds is 4. The molecule has 0 aliphatic carbocycles. The number of nitrogens with zero attached hydrogens (tertiary/aromatic N) is 1. The first-order valence-electron chi connectivity index (χ1n) is 6.21. The van der Waals surface area contributed by atoms with Crippen molar-refractivity contribution in [3.05, 3.63) is 24.2 Å². The smallest absolute Gasteiger partial charge is 0.243 e. The van der Waals surface area contributed by atoms with E-state index in [4.69, 9.17) is 4.42 Å². The summed E-state index contributed by atoms with van der Waals surface area (Å²) >= 11 is 0. The van der Waals surface area contributed by atoms with Crippen molar-refractivity contribution in [2.45, 2.75) is 38.3 Å². The molecule has 1 unspecified atom stereocenters. The summed E-state index contributed by atoms with van der Waals surface area (Å²) in [6.07, 6.45) is 4.49. The van der Waals surface area contributed by atoms with E-state index in [1.54, 1.807) is 11.2 Å². The quantitative estimate of drug-likeness (QED) is 0.866. The highest BCUT2D eigenvalue weighted by Gasteiger charge is 2.40. The molecule has 0 aromatic carbocycles. The van der Waals surface area contributed by atoms with Crippen LogP contribution in [0.5, 0.6) is 0 Å². The molecule has 4 nitrogen and oxygen atoms in total. The van der Waals surface area contributed by atoms with Gasteiger partial charge in [0.25, 0.3) is 0 Å². The molecule has 0 radical (unpaired) electrons. The van der Waals surface area contributed by atoms with E-state index in [9.17, 15) is 4.79 Å². The number of carbonyl (C=O) groups is 1. The van der Waals surface area contributed by atoms with Gasteiger partial charge in [-0.25, -0.2) is 0 Å². The Morgan fingerprint density at radius 3 is 3.00 bits per heavy atom. The van der Waals surface area contributed by atoms with Crippen LogP contribution >= 0.6 is 0 Å². The summed E-state index contributed by atoms with van der Waals surface area (Å²) < 4.78 is 5.27. The second-order valence-corrected chi connectivity index (χ2v) is 4.71. The maximum atomic E-state index is 12.4. The monoisotopic (exact) mass is 236 g/mol. The summed E-state index contributed by atoms with van der Waals surface area (Å²) in [4.78, 5) is 14.2. The number of hydrogen-bond donors (Lipinski definition) is 1. The van der Waals surface area contributed by atoms with Gasteiger partial charge in [0.15, 0.2) is 0 Å². The van der Waals surface area contributed by atoms with Crippen molar-refractivity contribution >= 4 is 5.91 Å². The zero-order valence-electron chi connectivity index (χ0n) is 10.5. The van der Waals surface area contributed by atoms with Crippen molar-refractivity contribution in [1.82, 2.24) is 10.2 Å². The number of amides is 1. The van der Waals surface area contributed by atoms with Crippen LogP contribution in [0.25, 0.3) is 0 Å². The van der Waals surface area contributed by atoms with Crippen LogP contribution in [0.4, 0.5) is 0 Å². The Balaban J connectivity index is 2.03. The molecular weight excluding hydrogens is 216 g/mol. The van der Waals surface area contributed by atoms with E-state index in [0.29, 0.717) is 6.54 Å². The van der Waals surface area contributed by atoms with Crippen LogP contribution in [0.15, 0.2) is 22.8 Å². The van der Waals surface area contributed by atoms with Crippen LogP contribution in [0, 0.1) is 0 Å². The Kier molecular flexibility index (Phi) is 3.52. The highest BCUT2D eigenvalue weighted by atomic mass is 16.3. The third-order valence-electron chi connectivity index (χ3n) is 3.58. The van der Waals surface area contributed by atoms with Crippen LogP contribution < -0.4 is 5.32 Å². The number of nitrogens with one attached hydrogen (secondary N) is 1. The van der Waals surface area contributed by atoms with Gasteiger partial charge in [0.2, 0.25) is 5.91 Å². The predicted octanol–water partition coefficient (Wildman–Crippen LogP) is 1.77. The summed E-state index contributed by atoms with van der Waals surface area (Å²) in [5, 5.41) is 3.36. The minimum atomic E-state index is -0.346. The van der Waals surface area contributed by atoms with E-state index >= 15 is 0 Å². The third-order valence-corrected chi connectivity index (χ3v) is 3.58. The second-order valence-electron chi connectivity index (χ2n) is 4.71. The van der Waals surface area contributed by atoms with E-state index in [2.05, 4.69) is 12.2 Å². The zero-order chi connectivity index (χ0) is 12.3. The van der Waals surface area contributed by atoms with Gasteiger partial charge < -0.3 is 14.6 Å². The summed E-state index contributed by atoms with van der Waals surface area (Å²) in [5.41, 5.74) is -0.346. The summed E-state index contributed by atoms with van der Waals surface area (Å²) in [6, 6.07) is 3.74. The highest BCUT2D eigenvalue weighted by Crippen LogP contribution is 2.25. The van der Waals surface area contributed by atoms with E-state index in [-0.39, 0.29) is 11.4 Å². The van der Waals surface area contributed by atoms with Gasteiger partial charge in [0.05, 0.1) is 18.3 Å². The molecule has 1 atom stereocenters. The van der Waals surface area contributed by atoms with E-state index in [1.807, 2.05) is 19.2 Å². The van der Waals surface area contributed by atoms with Crippen LogP contribution in [-0.2, 0) is 11.3 Å². The molecule has 1 aliphatic heterocycles. The summed E-state index contributed by atoms with van der Waals surface area (Å²) in [7, 11) is 1.84. The molecular formula is C13H20N2O2. The minimum Gasteiger partial charge on any atom is -0.467 e. The Morgan fingerprint density at radius 1 is 1.65 bits per heavy atom. The van der Waals surface area contributed by atoms with Crippen molar-refractivity contribution in [3.63, 3.8) is 0 Å². The SMILES string of the molecule is CCC1(C(=O)N(C)Cc2ccco2)CCCN1. The Hall–Kier alpha value is -1.29. The molecule has 1 aromatic rings. The van der Waals surface area contributed by atoms with Crippen LogP contribution in [0.3, 0.4) is 0 Å². The lowest BCUT2D eigenvalue weighted by atomic mass is 9.92. The first-order chi connectivity index (χ1) is 8.18. The fourth-order valence-electron chi connectivity index (χ4n) is 2.52. The summed E-state index contributed by atoms with van der Waals surface area (Å²) in [5.74, 6) is 0.999. The van der Waals surface area contributed by atoms with Gasteiger partial charge in [-0.1, -0.05) is 6.92 Å². The molecule has 2 heterocycles. The fraction of sp³-hybridized carbons (Fsp3) is 0.615. The molecule has 1 N–H and O–H groups in total. The standard InChI is InChI=1S/C13H20N2O2/c1-3-13(7-5-8-14-13)12(16)15(2)10-11-6-4-9-17-11/h4,6,9,14H,3,5,7-8,10H2,1-2H3. The molecule has 1 amide bonds. The minimum absolute atomic E-state index is 0.175. The molecule has 0 saturated carbocycles. The van der Waals surface area contributed by atoms with Gasteiger partial charge in [0.1, 0.15) is 5.76 Å². The number of hydrogen-bond acceptors (Lipinski definition) is 3. The molecule has 0 spiro atoms. The van der Waals surface area contributed by atoms with Crippen molar-refractivity contribution in [2.75, 3.05) is 13.6 Å². The van der Waals surface area contributed by atoms with Crippen molar-refractivity contribution < 1.29 is 9.21 Å². The van der Waals surface area contributed by atoms with E-state index in [0.717, 1.165) is 31.6 Å². The third kappa shape index (κ3) is 2.36. The average molecular weight is 236 g/mol. The molecule has 1 aliphatic rings. The first-order valence-corrected chi connectivity index (χ1v) is 6.21. The van der Waals surface area contributed by atoms with Crippen molar-refractivity contribution in [3.8, 4) is 0 Å². The number of furan rings is 1. The Labute approximate surface area is 102 Å². The predicted molar refractivity (Wildman–Crippen MR) is 65.4 cm³/mol. The zero-order valence-corrected chi connectivity index (χ0v) is 10.5. The largest absolute Gasteiger partial charge is 0.467 e. The van der Waals surface area contributed by atoms with Gasteiger partial charge >= 0.3 is 0 Å². The molecule has 1 saturated heterocycles. The van der Waals surface area contributed by atoms with Gasteiger partial charge in [-0.15, -0.1) is 0 Å². The lowest BCUT2D eigenvalue weighted by molar-refractivity contribution is -0.137. The maximum Gasteiger partial charge on any atom is 0.243 e. The Bertz CT molecular complexity index is 367. The Morgan fingerprint density at radius 2 is 2.47 bits per heavy atom. The normalized spacial score (nSPS) is 23.9. The van der Waals surface area contributed by atoms with E-state index < -0.39 is 0 Å². The van der Waals surface area contributed by atoms with Gasteiger partial charge in [-0.05, 0) is 37.9 Å². The topological polar surface area (TPSA) is 45.5 Å². The average Bonchev–Trinajstić information content (AvgIpc) is 2.99. The van der Waals surface area contributed by atoms with Gasteiger partial charge in [-0.2, -0.15) is 0 Å². The number of carbonyl (C=O) groups excluding carboxylic acids is 1. The van der Waals surface area contributed by atoms with E-state index in [1.165, 1.54) is 0 Å². The molecule has 2 rings (SSSR count). The van der Waals surface area contributed by atoms with Gasteiger partial charge in [0, 0.05) is 7.05 Å². The first kappa shape index (κ1) is 12.2. The highest BCUT2D eigenvalue weighted by molar-refractivity contribution is 5.86. The fourth-order valence-corrected chi connectivity index (χ4v) is 2.52. The number of likely N-dealkylation sites (N-methyl/N-ethyl adjacent to an activating group) is 1. The van der Waals surface area contributed by atoms with Crippen molar-refractivity contribution in [1.29, 1.82) is 0 Å². The van der Waals surface area contributed by atoms with Crippen LogP contribution in [-0.4, -0.2) is 29.9 Å². The molecule has 17 heavy (non-hydrogen) atoms. The lowest BCUT2D eigenvalue weighted by Gasteiger charge is -2.31. The lowest BCUT2D eigenvalue weighted by Crippen LogP contribution is -2.53. The molecule has 94 valence electrons. The molecule has 0 bridgehead atoms. The second kappa shape index (κ2) is 4.92. The van der Waals surface area contributed by atoms with Crippen molar-refractivity contribution in [2.24, 2.45) is 0 Å². The van der Waals surface area contributed by atoms with Crippen LogP contribution in [0.1, 0.15) is 31.9 Å². The molecule has 4 heteroatoms. The summed E-state index contributed by atoms with van der Waals surface area (Å²) in [6.45, 7) is 3.54. The van der Waals surface area contributed by atoms with Crippen LogP contribution in [0.2, 0.25) is 0 Å². The molecule has 1 aromatic heterocycles. The van der Waals surface area contributed by atoms with Gasteiger partial charge in [-0.3, -0.25) is 4.79 Å². The molecule has 1 fully saturated rings.